The second kappa shape index (κ2) is 7.24. The lowest BCUT2D eigenvalue weighted by Crippen LogP contribution is -2.82. The van der Waals surface area contributed by atoms with E-state index in [2.05, 4.69) is 15.8 Å². The van der Waals surface area contributed by atoms with Crippen LogP contribution in [0.3, 0.4) is 0 Å². The number of hydrogen-bond donors (Lipinski definition) is 4. The van der Waals surface area contributed by atoms with Crippen LogP contribution in [0.25, 0.3) is 0 Å². The van der Waals surface area contributed by atoms with Crippen LogP contribution < -0.4 is 20.6 Å². The smallest absolute Gasteiger partial charge is 0.315 e. The number of aromatic hydroxyl groups is 1. The number of phenolic OH excluding ortho intramolecular Hbond substituents is 1. The zero-order valence-electron chi connectivity index (χ0n) is 11.0. The van der Waals surface area contributed by atoms with Gasteiger partial charge in [0.2, 0.25) is 10.9 Å². The van der Waals surface area contributed by atoms with Crippen LogP contribution in [0.1, 0.15) is 12.5 Å². The van der Waals surface area contributed by atoms with Crippen LogP contribution in [0, 0.1) is 10.1 Å². The number of nitro benzene ring substituents is 1. The van der Waals surface area contributed by atoms with Crippen molar-refractivity contribution in [2.24, 2.45) is 0 Å². The molecule has 1 aromatic carbocycles. The number of hydrazone groups is 1. The highest BCUT2D eigenvalue weighted by Gasteiger charge is 2.20. The molecule has 0 unspecified atom stereocenters. The van der Waals surface area contributed by atoms with Gasteiger partial charge in [-0.1, -0.05) is 0 Å². The topological polar surface area (TPSA) is 111 Å². The molecule has 0 fully saturated rings. The average Bonchev–Trinajstić information content (AvgIpc) is 2.40. The summed E-state index contributed by atoms with van der Waals surface area (Å²) in [5.41, 5.74) is 2.68. The van der Waals surface area contributed by atoms with Gasteiger partial charge >= 0.3 is 5.69 Å². The van der Waals surface area contributed by atoms with Gasteiger partial charge in [-0.25, -0.2) is 0 Å². The molecule has 0 saturated heterocycles. The molecule has 1 aromatic rings. The van der Waals surface area contributed by atoms with Crippen LogP contribution in [-0.4, -0.2) is 35.0 Å². The van der Waals surface area contributed by atoms with Crippen molar-refractivity contribution in [1.29, 1.82) is 0 Å². The molecule has 0 spiro atoms. The van der Waals surface area contributed by atoms with Crippen LogP contribution in [-0.2, 0) is 0 Å². The van der Waals surface area contributed by atoms with E-state index in [-0.39, 0.29) is 5.75 Å². The van der Waals surface area contributed by atoms with Crippen LogP contribution >= 0.6 is 12.2 Å². The van der Waals surface area contributed by atoms with E-state index in [0.29, 0.717) is 17.2 Å². The minimum absolute atomic E-state index is 0.0153. The quantitative estimate of drug-likeness (QED) is 0.244. The minimum atomic E-state index is -0.689. The van der Waals surface area contributed by atoms with Crippen molar-refractivity contribution in [2.45, 2.75) is 6.92 Å². The van der Waals surface area contributed by atoms with E-state index < -0.39 is 16.4 Å². The van der Waals surface area contributed by atoms with Crippen LogP contribution in [0.4, 0.5) is 5.69 Å². The van der Waals surface area contributed by atoms with Crippen molar-refractivity contribution in [3.05, 3.63) is 27.8 Å². The third kappa shape index (κ3) is 4.05. The van der Waals surface area contributed by atoms with Crippen molar-refractivity contribution in [3.63, 3.8) is 0 Å². The monoisotopic (exact) mass is 299 g/mol. The maximum absolute atomic E-state index is 10.8. The lowest BCUT2D eigenvalue weighted by atomic mass is 10.2. The summed E-state index contributed by atoms with van der Waals surface area (Å²) >= 11 is 4.93. The van der Waals surface area contributed by atoms with E-state index in [1.54, 1.807) is 0 Å². The molecule has 4 N–H and O–H groups in total. The molecule has 1 rings (SSSR count). The van der Waals surface area contributed by atoms with Gasteiger partial charge in [0.25, 0.3) is 0 Å². The number of nitro groups is 1. The zero-order valence-corrected chi connectivity index (χ0v) is 11.8. The molecule has 20 heavy (non-hydrogen) atoms. The van der Waals surface area contributed by atoms with E-state index in [4.69, 9.17) is 17.0 Å². The third-order valence-corrected chi connectivity index (χ3v) is 2.50. The maximum Gasteiger partial charge on any atom is 0.315 e. The Kier molecular flexibility index (Phi) is 5.66. The summed E-state index contributed by atoms with van der Waals surface area (Å²) in [4.78, 5) is 10.1. The lowest BCUT2D eigenvalue weighted by Gasteiger charge is -2.04. The molecular weight excluding hydrogens is 284 g/mol. The molecule has 0 atom stereocenters. The van der Waals surface area contributed by atoms with Crippen molar-refractivity contribution in [1.82, 2.24) is 10.7 Å². The predicted molar refractivity (Wildman–Crippen MR) is 76.9 cm³/mol. The second-order valence-corrected chi connectivity index (χ2v) is 4.03. The Morgan fingerprint density at radius 2 is 2.35 bits per heavy atom. The number of ether oxygens (including phenoxy) is 1. The highest BCUT2D eigenvalue weighted by atomic mass is 32.1. The molecular formula is C11H15N4O4S+. The number of phenols is 1. The van der Waals surface area contributed by atoms with Crippen LogP contribution in [0.5, 0.6) is 11.5 Å². The summed E-state index contributed by atoms with van der Waals surface area (Å²) in [6.07, 6.45) is 1.46. The van der Waals surface area contributed by atoms with E-state index >= 15 is 0 Å². The molecule has 0 bridgehead atoms. The van der Waals surface area contributed by atoms with Crippen molar-refractivity contribution < 1.29 is 19.9 Å². The van der Waals surface area contributed by atoms with E-state index in [0.717, 1.165) is 0 Å². The number of methoxy groups -OCH3 is 1. The van der Waals surface area contributed by atoms with Gasteiger partial charge in [-0.05, 0) is 25.2 Å². The molecule has 8 nitrogen and oxygen atoms in total. The number of nitrogens with one attached hydrogen (secondary N) is 3. The molecule has 0 radical (unpaired) electrons. The van der Waals surface area contributed by atoms with Gasteiger partial charge in [-0.15, -0.1) is 10.5 Å². The fourth-order valence-electron chi connectivity index (χ4n) is 1.38. The highest BCUT2D eigenvalue weighted by Crippen LogP contribution is 2.36. The number of rotatable bonds is 5. The Balaban J connectivity index is 2.95. The number of nitrogens with zero attached hydrogens (tertiary/aromatic N) is 1. The Labute approximate surface area is 120 Å². The number of benzene rings is 1. The Morgan fingerprint density at radius 3 is 2.90 bits per heavy atom. The van der Waals surface area contributed by atoms with Crippen molar-refractivity contribution in [2.75, 3.05) is 13.7 Å². The van der Waals surface area contributed by atoms with Crippen molar-refractivity contribution in [3.8, 4) is 11.5 Å². The first-order valence-corrected chi connectivity index (χ1v) is 6.08. The van der Waals surface area contributed by atoms with Gasteiger partial charge in [-0.2, -0.15) is 0 Å². The van der Waals surface area contributed by atoms with Gasteiger partial charge < -0.3 is 15.2 Å². The van der Waals surface area contributed by atoms with Gasteiger partial charge in [0.1, 0.15) is 0 Å². The lowest BCUT2D eigenvalue weighted by molar-refractivity contribution is -0.500. The van der Waals surface area contributed by atoms with Crippen LogP contribution in [0.15, 0.2) is 12.1 Å². The number of hydrazine groups is 1. The SMILES string of the molecule is CCNC(=S)N[NH+]=Cc1cc(OC)c(O)c([N+](=O)[O-])c1. The maximum atomic E-state index is 10.8. The first-order chi connectivity index (χ1) is 9.49. The fourth-order valence-corrected chi connectivity index (χ4v) is 1.58. The van der Waals surface area contributed by atoms with Gasteiger partial charge in [0, 0.05) is 12.6 Å². The second-order valence-electron chi connectivity index (χ2n) is 3.62. The molecule has 0 amide bonds. The Bertz CT molecular complexity index is 547. The summed E-state index contributed by atoms with van der Waals surface area (Å²) in [6, 6.07) is 2.66. The number of hydrogen-bond acceptors (Lipinski definition) is 5. The molecule has 0 aliphatic heterocycles. The standard InChI is InChI=1S/C11H14N4O4S/c1-3-12-11(20)14-13-6-7-4-8(15(17)18)10(16)9(5-7)19-2/h4-6,16H,3H2,1-2H3,(H2,12,14,20)/p+1. The normalized spacial score (nSPS) is 10.3. The Morgan fingerprint density at radius 1 is 1.65 bits per heavy atom. The zero-order chi connectivity index (χ0) is 15.1. The van der Waals surface area contributed by atoms with Crippen LogP contribution in [0.2, 0.25) is 0 Å². The fraction of sp³-hybridized carbons (Fsp3) is 0.273. The first kappa shape index (κ1) is 15.6. The molecule has 108 valence electrons. The predicted octanol–water partition coefficient (Wildman–Crippen LogP) is -0.792. The largest absolute Gasteiger partial charge is 0.500 e. The summed E-state index contributed by atoms with van der Waals surface area (Å²) in [5.74, 6) is -0.493. The molecule has 9 heteroatoms. The number of thiocarbonyl (C=S) groups is 1. The summed E-state index contributed by atoms with van der Waals surface area (Å²) in [6.45, 7) is 2.57. The summed E-state index contributed by atoms with van der Waals surface area (Å²) in [7, 11) is 1.31. The summed E-state index contributed by atoms with van der Waals surface area (Å²) < 4.78 is 4.88. The third-order valence-electron chi connectivity index (χ3n) is 2.26. The van der Waals surface area contributed by atoms with E-state index in [1.165, 1.54) is 25.5 Å². The minimum Gasteiger partial charge on any atom is -0.500 e. The van der Waals surface area contributed by atoms with E-state index in [9.17, 15) is 15.2 Å². The first-order valence-electron chi connectivity index (χ1n) is 5.67. The Hall–Kier alpha value is -2.42. The molecule has 0 aliphatic carbocycles. The molecule has 0 aromatic heterocycles. The average molecular weight is 299 g/mol. The molecule has 0 heterocycles. The molecule has 0 saturated carbocycles. The highest BCUT2D eigenvalue weighted by molar-refractivity contribution is 7.80. The van der Waals surface area contributed by atoms with Crippen molar-refractivity contribution >= 4 is 29.2 Å². The van der Waals surface area contributed by atoms with E-state index in [1.807, 2.05) is 6.92 Å². The molecule has 0 aliphatic rings. The van der Waals surface area contributed by atoms with Gasteiger partial charge in [-0.3, -0.25) is 10.1 Å². The van der Waals surface area contributed by atoms with Gasteiger partial charge in [0.05, 0.1) is 17.6 Å². The summed E-state index contributed by atoms with van der Waals surface area (Å²) in [5, 5.41) is 26.4. The van der Waals surface area contributed by atoms with Gasteiger partial charge in [0.15, 0.2) is 12.0 Å².